The van der Waals surface area contributed by atoms with E-state index in [1.165, 1.54) is 26.4 Å². The highest BCUT2D eigenvalue weighted by Gasteiger charge is 2.14. The lowest BCUT2D eigenvalue weighted by Gasteiger charge is -2.09. The van der Waals surface area contributed by atoms with Gasteiger partial charge in [0.1, 0.15) is 17.1 Å². The second-order valence-corrected chi connectivity index (χ2v) is 3.01. The van der Waals surface area contributed by atoms with Crippen LogP contribution < -0.4 is 9.47 Å². The molecule has 0 atom stereocenters. The van der Waals surface area contributed by atoms with Crippen LogP contribution in [0.5, 0.6) is 11.5 Å². The number of hydrogen-bond acceptors (Lipinski definition) is 4. The normalized spacial score (nSPS) is 9.64. The Kier molecular flexibility index (Phi) is 3.24. The maximum Gasteiger partial charge on any atom is 0.339 e. The third-order valence-corrected chi connectivity index (χ3v) is 2.08. The molecule has 0 heterocycles. The maximum absolute atomic E-state index is 10.8. The van der Waals surface area contributed by atoms with Crippen molar-refractivity contribution >= 4 is 18.6 Å². The molecule has 0 saturated carbocycles. The quantitative estimate of drug-likeness (QED) is 0.752. The van der Waals surface area contributed by atoms with E-state index >= 15 is 0 Å². The second kappa shape index (κ2) is 4.23. The molecule has 0 saturated heterocycles. The topological polar surface area (TPSA) is 55.8 Å². The van der Waals surface area contributed by atoms with Crippen LogP contribution in [0.4, 0.5) is 0 Å². The number of rotatable bonds is 3. The minimum atomic E-state index is -1.06. The molecule has 0 radical (unpaired) electrons. The van der Waals surface area contributed by atoms with Gasteiger partial charge in [-0.05, 0) is 6.07 Å². The third-order valence-electron chi connectivity index (χ3n) is 1.73. The van der Waals surface area contributed by atoms with Crippen molar-refractivity contribution in [3.63, 3.8) is 0 Å². The van der Waals surface area contributed by atoms with E-state index in [2.05, 4.69) is 12.6 Å². The minimum Gasteiger partial charge on any atom is -0.496 e. The first-order valence-electron chi connectivity index (χ1n) is 3.78. The van der Waals surface area contributed by atoms with Crippen LogP contribution in [0.2, 0.25) is 0 Å². The van der Waals surface area contributed by atoms with Crippen molar-refractivity contribution < 1.29 is 19.4 Å². The van der Waals surface area contributed by atoms with Gasteiger partial charge in [-0.2, -0.15) is 0 Å². The number of aromatic carboxylic acids is 1. The van der Waals surface area contributed by atoms with E-state index in [1.54, 1.807) is 0 Å². The van der Waals surface area contributed by atoms with Crippen molar-refractivity contribution in [1.29, 1.82) is 0 Å². The molecule has 0 aliphatic rings. The summed E-state index contributed by atoms with van der Waals surface area (Å²) in [5.74, 6) is -0.317. The Bertz CT molecular complexity index is 362. The van der Waals surface area contributed by atoms with Crippen LogP contribution in [0.1, 0.15) is 10.4 Å². The van der Waals surface area contributed by atoms with Gasteiger partial charge in [0, 0.05) is 11.0 Å². The first-order valence-corrected chi connectivity index (χ1v) is 4.23. The van der Waals surface area contributed by atoms with E-state index in [0.717, 1.165) is 0 Å². The zero-order valence-corrected chi connectivity index (χ0v) is 8.67. The van der Waals surface area contributed by atoms with Gasteiger partial charge in [0.15, 0.2) is 0 Å². The number of carboxylic acid groups (broad SMARTS) is 1. The average molecular weight is 214 g/mol. The summed E-state index contributed by atoms with van der Waals surface area (Å²) in [5.41, 5.74) is 0.0679. The van der Waals surface area contributed by atoms with E-state index in [4.69, 9.17) is 14.6 Å². The largest absolute Gasteiger partial charge is 0.496 e. The third kappa shape index (κ3) is 1.93. The van der Waals surface area contributed by atoms with Gasteiger partial charge in [0.05, 0.1) is 14.2 Å². The van der Waals surface area contributed by atoms with E-state index in [9.17, 15) is 4.79 Å². The number of hydrogen-bond donors (Lipinski definition) is 2. The molecule has 0 spiro atoms. The maximum atomic E-state index is 10.8. The highest BCUT2D eigenvalue weighted by molar-refractivity contribution is 7.80. The summed E-state index contributed by atoms with van der Waals surface area (Å²) in [7, 11) is 2.88. The summed E-state index contributed by atoms with van der Waals surface area (Å²) in [5, 5.41) is 8.83. The van der Waals surface area contributed by atoms with Gasteiger partial charge in [-0.15, -0.1) is 12.6 Å². The predicted octanol–water partition coefficient (Wildman–Crippen LogP) is 1.69. The molecule has 14 heavy (non-hydrogen) atoms. The SMILES string of the molecule is COc1cc(OC)c(C(=O)O)cc1S. The van der Waals surface area contributed by atoms with Crippen molar-refractivity contribution in [3.8, 4) is 11.5 Å². The number of methoxy groups -OCH3 is 2. The van der Waals surface area contributed by atoms with Gasteiger partial charge in [-0.1, -0.05) is 0 Å². The van der Waals surface area contributed by atoms with Crippen molar-refractivity contribution in [1.82, 2.24) is 0 Å². The molecule has 0 unspecified atom stereocenters. The summed E-state index contributed by atoms with van der Waals surface area (Å²) in [6.07, 6.45) is 0. The van der Waals surface area contributed by atoms with Crippen molar-refractivity contribution in [2.75, 3.05) is 14.2 Å². The van der Waals surface area contributed by atoms with Crippen LogP contribution in [0, 0.1) is 0 Å². The molecule has 0 fully saturated rings. The van der Waals surface area contributed by atoms with Crippen LogP contribution in [0.3, 0.4) is 0 Å². The summed E-state index contributed by atoms with van der Waals surface area (Å²) in [4.78, 5) is 11.2. The van der Waals surface area contributed by atoms with E-state index in [1.807, 2.05) is 0 Å². The molecular formula is C9H10O4S. The molecule has 0 aliphatic carbocycles. The number of ether oxygens (including phenoxy) is 2. The molecule has 1 N–H and O–H groups in total. The first kappa shape index (κ1) is 10.7. The Balaban J connectivity index is 3.31. The lowest BCUT2D eigenvalue weighted by atomic mass is 10.2. The van der Waals surface area contributed by atoms with E-state index < -0.39 is 5.97 Å². The van der Waals surface area contributed by atoms with Crippen LogP contribution in [-0.2, 0) is 0 Å². The van der Waals surface area contributed by atoms with Gasteiger partial charge in [0.25, 0.3) is 0 Å². The van der Waals surface area contributed by atoms with Gasteiger partial charge >= 0.3 is 5.97 Å². The molecule has 0 bridgehead atoms. The molecule has 1 aromatic rings. The highest BCUT2D eigenvalue weighted by atomic mass is 32.1. The predicted molar refractivity (Wildman–Crippen MR) is 53.8 cm³/mol. The second-order valence-electron chi connectivity index (χ2n) is 2.53. The number of carboxylic acids is 1. The van der Waals surface area contributed by atoms with Gasteiger partial charge in [-0.25, -0.2) is 4.79 Å². The zero-order valence-electron chi connectivity index (χ0n) is 7.77. The Morgan fingerprint density at radius 2 is 1.86 bits per heavy atom. The standard InChI is InChI=1S/C9H10O4S/c1-12-6-4-7(13-2)8(14)3-5(6)9(10)11/h3-4,14H,1-2H3,(H,10,11). The van der Waals surface area contributed by atoms with Crippen LogP contribution >= 0.6 is 12.6 Å². The van der Waals surface area contributed by atoms with Gasteiger partial charge < -0.3 is 14.6 Å². The number of benzene rings is 1. The lowest BCUT2D eigenvalue weighted by Crippen LogP contribution is -2.01. The van der Waals surface area contributed by atoms with Gasteiger partial charge in [0.2, 0.25) is 0 Å². The van der Waals surface area contributed by atoms with E-state index in [0.29, 0.717) is 10.6 Å². The molecule has 0 amide bonds. The number of carbonyl (C=O) groups is 1. The smallest absolute Gasteiger partial charge is 0.339 e. The first-order chi connectivity index (χ1) is 6.60. The van der Waals surface area contributed by atoms with Gasteiger partial charge in [-0.3, -0.25) is 0 Å². The average Bonchev–Trinajstić information content (AvgIpc) is 2.17. The van der Waals surface area contributed by atoms with Crippen molar-refractivity contribution in [3.05, 3.63) is 17.7 Å². The molecule has 76 valence electrons. The minimum absolute atomic E-state index is 0.0679. The fourth-order valence-electron chi connectivity index (χ4n) is 1.05. The monoisotopic (exact) mass is 214 g/mol. The van der Waals surface area contributed by atoms with Crippen molar-refractivity contribution in [2.45, 2.75) is 4.90 Å². The van der Waals surface area contributed by atoms with Crippen LogP contribution in [0.25, 0.3) is 0 Å². The fourth-order valence-corrected chi connectivity index (χ4v) is 1.33. The number of thiol groups is 1. The molecule has 1 aromatic carbocycles. The molecule has 5 heteroatoms. The van der Waals surface area contributed by atoms with Crippen LogP contribution in [-0.4, -0.2) is 25.3 Å². The molecular weight excluding hydrogens is 204 g/mol. The summed E-state index contributed by atoms with van der Waals surface area (Å²) < 4.78 is 9.88. The summed E-state index contributed by atoms with van der Waals surface area (Å²) in [6, 6.07) is 2.88. The highest BCUT2D eigenvalue weighted by Crippen LogP contribution is 2.31. The zero-order chi connectivity index (χ0) is 10.7. The Morgan fingerprint density at radius 1 is 1.29 bits per heavy atom. The fraction of sp³-hybridized carbons (Fsp3) is 0.222. The van der Waals surface area contributed by atoms with Crippen LogP contribution in [0.15, 0.2) is 17.0 Å². The Hall–Kier alpha value is -1.36. The molecule has 1 rings (SSSR count). The summed E-state index contributed by atoms with van der Waals surface area (Å²) >= 11 is 4.08. The Morgan fingerprint density at radius 3 is 2.29 bits per heavy atom. The molecule has 0 aliphatic heterocycles. The van der Waals surface area contributed by atoms with Crippen molar-refractivity contribution in [2.24, 2.45) is 0 Å². The molecule has 4 nitrogen and oxygen atoms in total. The molecule has 0 aromatic heterocycles. The summed E-state index contributed by atoms with van der Waals surface area (Å²) in [6.45, 7) is 0. The lowest BCUT2D eigenvalue weighted by molar-refractivity contribution is 0.0693. The Labute approximate surface area is 86.9 Å². The van der Waals surface area contributed by atoms with E-state index in [-0.39, 0.29) is 11.3 Å².